The third-order valence-electron chi connectivity index (χ3n) is 7.39. The Labute approximate surface area is 194 Å². The van der Waals surface area contributed by atoms with Gasteiger partial charge in [-0.1, -0.05) is 54.3 Å². The van der Waals surface area contributed by atoms with Crippen molar-refractivity contribution in [2.24, 2.45) is 0 Å². The normalized spacial score (nSPS) is 20.9. The molecule has 0 heterocycles. The molecule has 0 aromatic carbocycles. The topological polar surface area (TPSA) is 27.7 Å². The lowest BCUT2D eigenvalue weighted by atomic mass is 9.98. The molecule has 0 bridgehead atoms. The van der Waals surface area contributed by atoms with E-state index in [2.05, 4.69) is 100 Å². The molecule has 0 aromatic heterocycles. The SMILES string of the molecule is CCC(O[Si](C)(C)C(C)O[Si](C)(C)C)C(C)(CC)[Si](C)(CC)OC(CC)[Si](C)(C)C. The molecule has 0 aliphatic carbocycles. The molecular formula is C23H56O3Si4. The van der Waals surface area contributed by atoms with E-state index in [1.807, 2.05) is 0 Å². The Morgan fingerprint density at radius 1 is 0.733 bits per heavy atom. The zero-order chi connectivity index (χ0) is 24.2. The van der Waals surface area contributed by atoms with E-state index in [0.717, 1.165) is 25.3 Å². The Hall–Kier alpha value is 0.748. The Kier molecular flexibility index (Phi) is 11.5. The van der Waals surface area contributed by atoms with Crippen LogP contribution in [0, 0.1) is 0 Å². The van der Waals surface area contributed by atoms with Crippen molar-refractivity contribution in [1.29, 1.82) is 0 Å². The van der Waals surface area contributed by atoms with Crippen molar-refractivity contribution < 1.29 is 13.3 Å². The molecule has 0 fully saturated rings. The van der Waals surface area contributed by atoms with E-state index in [1.165, 1.54) is 0 Å². The summed E-state index contributed by atoms with van der Waals surface area (Å²) in [5.41, 5.74) is 0.636. The van der Waals surface area contributed by atoms with Crippen LogP contribution in [0.4, 0.5) is 0 Å². The van der Waals surface area contributed by atoms with E-state index in [0.29, 0.717) is 5.73 Å². The van der Waals surface area contributed by atoms with Crippen LogP contribution in [0.5, 0.6) is 0 Å². The van der Waals surface area contributed by atoms with Gasteiger partial charge in [-0.05, 0) is 71.5 Å². The molecule has 3 nitrogen and oxygen atoms in total. The van der Waals surface area contributed by atoms with Gasteiger partial charge in [-0.15, -0.1) is 0 Å². The van der Waals surface area contributed by atoms with Crippen LogP contribution in [0.2, 0.25) is 70.0 Å². The van der Waals surface area contributed by atoms with Gasteiger partial charge in [0.05, 0.1) is 19.9 Å². The Bertz CT molecular complexity index is 516. The lowest BCUT2D eigenvalue weighted by Gasteiger charge is -2.52. The maximum absolute atomic E-state index is 7.21. The summed E-state index contributed by atoms with van der Waals surface area (Å²) in [6.07, 6.45) is 3.50. The highest BCUT2D eigenvalue weighted by Gasteiger charge is 2.54. The molecule has 0 aliphatic rings. The van der Waals surface area contributed by atoms with Crippen LogP contribution in [0.15, 0.2) is 0 Å². The average molecular weight is 493 g/mol. The molecule has 7 heteroatoms. The fraction of sp³-hybridized carbons (Fsp3) is 1.00. The molecule has 0 rings (SSSR count). The van der Waals surface area contributed by atoms with Gasteiger partial charge in [0.1, 0.15) is 0 Å². The highest BCUT2D eigenvalue weighted by Crippen LogP contribution is 2.51. The van der Waals surface area contributed by atoms with Gasteiger partial charge in [0.25, 0.3) is 0 Å². The summed E-state index contributed by atoms with van der Waals surface area (Å²) in [4.78, 5) is 0. The van der Waals surface area contributed by atoms with Crippen LogP contribution >= 0.6 is 0 Å². The second kappa shape index (κ2) is 11.2. The minimum atomic E-state index is -2.04. The third-order valence-corrected chi connectivity index (χ3v) is 19.6. The predicted octanol–water partition coefficient (Wildman–Crippen LogP) is 8.20. The van der Waals surface area contributed by atoms with Crippen molar-refractivity contribution in [3.8, 4) is 0 Å². The first-order chi connectivity index (χ1) is 13.3. The van der Waals surface area contributed by atoms with Gasteiger partial charge in [-0.25, -0.2) is 0 Å². The van der Waals surface area contributed by atoms with Gasteiger partial charge < -0.3 is 13.3 Å². The lowest BCUT2D eigenvalue weighted by molar-refractivity contribution is 0.0948. The van der Waals surface area contributed by atoms with Crippen molar-refractivity contribution in [3.05, 3.63) is 0 Å². The first-order valence-corrected chi connectivity index (χ1v) is 25.0. The van der Waals surface area contributed by atoms with E-state index in [-0.39, 0.29) is 16.9 Å². The third kappa shape index (κ3) is 7.96. The minimum Gasteiger partial charge on any atom is -0.417 e. The largest absolute Gasteiger partial charge is 0.417 e. The zero-order valence-electron chi connectivity index (χ0n) is 23.3. The van der Waals surface area contributed by atoms with E-state index in [9.17, 15) is 0 Å². The van der Waals surface area contributed by atoms with Crippen molar-refractivity contribution in [3.63, 3.8) is 0 Å². The van der Waals surface area contributed by atoms with Crippen LogP contribution in [-0.4, -0.2) is 50.6 Å². The van der Waals surface area contributed by atoms with Crippen molar-refractivity contribution in [1.82, 2.24) is 0 Å². The Morgan fingerprint density at radius 2 is 1.23 bits per heavy atom. The van der Waals surface area contributed by atoms with Crippen LogP contribution in [0.3, 0.4) is 0 Å². The molecule has 0 N–H and O–H groups in total. The first-order valence-electron chi connectivity index (χ1n) is 12.4. The summed E-state index contributed by atoms with van der Waals surface area (Å²) in [6.45, 7) is 35.4. The lowest BCUT2D eigenvalue weighted by Crippen LogP contribution is -2.60. The van der Waals surface area contributed by atoms with E-state index in [4.69, 9.17) is 13.3 Å². The molecule has 30 heavy (non-hydrogen) atoms. The van der Waals surface area contributed by atoms with Crippen LogP contribution in [-0.2, 0) is 13.3 Å². The van der Waals surface area contributed by atoms with E-state index in [1.54, 1.807) is 0 Å². The van der Waals surface area contributed by atoms with Crippen LogP contribution in [0.25, 0.3) is 0 Å². The van der Waals surface area contributed by atoms with E-state index < -0.39 is 33.0 Å². The fourth-order valence-electron chi connectivity index (χ4n) is 4.55. The van der Waals surface area contributed by atoms with Crippen LogP contribution in [0.1, 0.15) is 60.8 Å². The van der Waals surface area contributed by atoms with Gasteiger partial charge in [-0.3, -0.25) is 0 Å². The average Bonchev–Trinajstić information content (AvgIpc) is 2.60. The highest BCUT2D eigenvalue weighted by molar-refractivity contribution is 6.81. The number of rotatable bonds is 14. The quantitative estimate of drug-likeness (QED) is 0.229. The second-order valence-corrected chi connectivity index (χ2v) is 30.9. The summed E-state index contributed by atoms with van der Waals surface area (Å²) >= 11 is 0. The molecule has 0 saturated heterocycles. The monoisotopic (exact) mass is 492 g/mol. The predicted molar refractivity (Wildman–Crippen MR) is 146 cm³/mol. The van der Waals surface area contributed by atoms with Gasteiger partial charge in [0, 0.05) is 10.8 Å². The fourth-order valence-corrected chi connectivity index (χ4v) is 16.4. The highest BCUT2D eigenvalue weighted by atomic mass is 28.4. The first kappa shape index (κ1) is 30.7. The molecule has 0 saturated carbocycles. The summed E-state index contributed by atoms with van der Waals surface area (Å²) in [5, 5.41) is 0.0900. The number of hydrogen-bond donors (Lipinski definition) is 0. The maximum Gasteiger partial charge on any atom is 0.213 e. The molecule has 0 aliphatic heterocycles. The summed E-state index contributed by atoms with van der Waals surface area (Å²) in [7, 11) is -7.02. The Morgan fingerprint density at radius 3 is 1.53 bits per heavy atom. The summed E-state index contributed by atoms with van der Waals surface area (Å²) in [5.74, 6) is 0. The second-order valence-electron chi connectivity index (χ2n) is 12.2. The van der Waals surface area contributed by atoms with Crippen molar-refractivity contribution in [2.75, 3.05) is 0 Å². The molecule has 5 unspecified atom stereocenters. The van der Waals surface area contributed by atoms with E-state index >= 15 is 0 Å². The summed E-state index contributed by atoms with van der Waals surface area (Å²) < 4.78 is 20.8. The van der Waals surface area contributed by atoms with Crippen LogP contribution < -0.4 is 0 Å². The van der Waals surface area contributed by atoms with Gasteiger partial charge in [0.2, 0.25) is 8.32 Å². The smallest absolute Gasteiger partial charge is 0.213 e. The molecule has 5 atom stereocenters. The summed E-state index contributed by atoms with van der Waals surface area (Å²) in [6, 6.07) is 1.14. The molecule has 0 amide bonds. The standard InChI is InChI=1S/C23H56O3Si4/c1-16-21(25-29(13,14)20(5)24-28(10,11)12)23(6,18-3)30(15,19-4)26-22(17-2)27(7,8)9/h20-22H,16-19H2,1-15H3. The Balaban J connectivity index is 5.97. The minimum absolute atomic E-state index is 0.0900. The molecular weight excluding hydrogens is 437 g/mol. The molecule has 182 valence electrons. The zero-order valence-corrected chi connectivity index (χ0v) is 27.3. The molecule has 0 spiro atoms. The molecule has 0 aromatic rings. The maximum atomic E-state index is 7.21. The molecule has 0 radical (unpaired) electrons. The van der Waals surface area contributed by atoms with Gasteiger partial charge in [0.15, 0.2) is 16.6 Å². The van der Waals surface area contributed by atoms with Crippen molar-refractivity contribution in [2.45, 2.75) is 148 Å². The van der Waals surface area contributed by atoms with Gasteiger partial charge >= 0.3 is 0 Å². The van der Waals surface area contributed by atoms with Gasteiger partial charge in [-0.2, -0.15) is 0 Å². The van der Waals surface area contributed by atoms with Crippen molar-refractivity contribution >= 4 is 33.0 Å². The number of hydrogen-bond acceptors (Lipinski definition) is 3.